The molecule has 1 amide bonds. The van der Waals surface area contributed by atoms with Crippen LogP contribution >= 0.6 is 0 Å². The summed E-state index contributed by atoms with van der Waals surface area (Å²) >= 11 is 0. The van der Waals surface area contributed by atoms with Crippen LogP contribution in [0.15, 0.2) is 49.7 Å². The van der Waals surface area contributed by atoms with Crippen LogP contribution in [0.25, 0.3) is 10.9 Å². The van der Waals surface area contributed by atoms with Gasteiger partial charge in [0.05, 0.1) is 6.04 Å². The van der Waals surface area contributed by atoms with Crippen LogP contribution in [0.5, 0.6) is 0 Å². The zero-order valence-electron chi connectivity index (χ0n) is 15.8. The van der Waals surface area contributed by atoms with Crippen molar-refractivity contribution in [1.82, 2.24) is 15.2 Å². The molecule has 1 aliphatic rings. The van der Waals surface area contributed by atoms with Crippen molar-refractivity contribution in [3.05, 3.63) is 60.8 Å². The molecule has 2 heterocycles. The first-order valence-electron chi connectivity index (χ1n) is 9.41. The highest BCUT2D eigenvalue weighted by Gasteiger charge is 2.30. The van der Waals surface area contributed by atoms with Gasteiger partial charge >= 0.3 is 0 Å². The Kier molecular flexibility index (Phi) is 5.62. The van der Waals surface area contributed by atoms with E-state index in [1.165, 1.54) is 22.0 Å². The van der Waals surface area contributed by atoms with E-state index in [1.807, 2.05) is 6.08 Å². The SMILES string of the molecule is C=CCNC(=O)C1Cc2cn(CC=C)c3cccc(c23)C(CC(C)C)N1. The molecule has 0 aliphatic carbocycles. The van der Waals surface area contributed by atoms with Gasteiger partial charge in [-0.15, -0.1) is 13.2 Å². The fourth-order valence-electron chi connectivity index (χ4n) is 3.95. The number of allylic oxidation sites excluding steroid dienone is 1. The van der Waals surface area contributed by atoms with Gasteiger partial charge in [-0.05, 0) is 36.0 Å². The summed E-state index contributed by atoms with van der Waals surface area (Å²) in [6.07, 6.45) is 7.50. The molecular formula is C22H29N3O. The highest BCUT2D eigenvalue weighted by Crippen LogP contribution is 2.35. The van der Waals surface area contributed by atoms with Gasteiger partial charge in [-0.2, -0.15) is 0 Å². The third-order valence-electron chi connectivity index (χ3n) is 4.99. The minimum absolute atomic E-state index is 0.0380. The van der Waals surface area contributed by atoms with Crippen LogP contribution in [0, 0.1) is 5.92 Å². The number of carbonyl (C=O) groups is 1. The van der Waals surface area contributed by atoms with Gasteiger partial charge in [0.2, 0.25) is 5.91 Å². The van der Waals surface area contributed by atoms with Gasteiger partial charge in [0.1, 0.15) is 0 Å². The average molecular weight is 351 g/mol. The van der Waals surface area contributed by atoms with E-state index >= 15 is 0 Å². The first-order chi connectivity index (χ1) is 12.5. The topological polar surface area (TPSA) is 46.1 Å². The third kappa shape index (κ3) is 3.61. The van der Waals surface area contributed by atoms with Crippen LogP contribution in [-0.2, 0) is 17.8 Å². The summed E-state index contributed by atoms with van der Waals surface area (Å²) in [6, 6.07) is 6.41. The summed E-state index contributed by atoms with van der Waals surface area (Å²) in [6.45, 7) is 13.3. The average Bonchev–Trinajstić information content (AvgIpc) is 2.87. The molecule has 138 valence electrons. The van der Waals surface area contributed by atoms with Gasteiger partial charge in [0.15, 0.2) is 0 Å². The lowest BCUT2D eigenvalue weighted by Crippen LogP contribution is -2.46. The molecule has 2 aromatic rings. The molecule has 0 fully saturated rings. The minimum atomic E-state index is -0.242. The van der Waals surface area contributed by atoms with E-state index in [0.717, 1.165) is 13.0 Å². The van der Waals surface area contributed by atoms with E-state index < -0.39 is 0 Å². The lowest BCUT2D eigenvalue weighted by atomic mass is 9.94. The molecule has 1 aromatic carbocycles. The number of hydrogen-bond donors (Lipinski definition) is 2. The lowest BCUT2D eigenvalue weighted by molar-refractivity contribution is -0.123. The number of hydrogen-bond acceptors (Lipinski definition) is 2. The molecule has 0 saturated carbocycles. The van der Waals surface area contributed by atoms with E-state index in [0.29, 0.717) is 18.9 Å². The predicted molar refractivity (Wildman–Crippen MR) is 108 cm³/mol. The van der Waals surface area contributed by atoms with Crippen LogP contribution in [-0.4, -0.2) is 23.1 Å². The molecule has 4 nitrogen and oxygen atoms in total. The Labute approximate surface area is 156 Å². The quantitative estimate of drug-likeness (QED) is 0.747. The van der Waals surface area contributed by atoms with E-state index in [1.54, 1.807) is 6.08 Å². The van der Waals surface area contributed by atoms with E-state index in [4.69, 9.17) is 0 Å². The van der Waals surface area contributed by atoms with Crippen LogP contribution < -0.4 is 10.6 Å². The second kappa shape index (κ2) is 7.92. The molecule has 1 aliphatic heterocycles. The van der Waals surface area contributed by atoms with E-state index in [-0.39, 0.29) is 18.0 Å². The van der Waals surface area contributed by atoms with Crippen molar-refractivity contribution in [3.63, 3.8) is 0 Å². The lowest BCUT2D eigenvalue weighted by Gasteiger charge is -2.25. The minimum Gasteiger partial charge on any atom is -0.351 e. The molecule has 2 unspecified atom stereocenters. The Balaban J connectivity index is 2.07. The molecule has 0 bridgehead atoms. The van der Waals surface area contributed by atoms with Crippen LogP contribution in [0.4, 0.5) is 0 Å². The van der Waals surface area contributed by atoms with Crippen molar-refractivity contribution in [2.75, 3.05) is 6.54 Å². The predicted octanol–water partition coefficient (Wildman–Crippen LogP) is 3.73. The van der Waals surface area contributed by atoms with E-state index in [2.05, 4.69) is 66.6 Å². The van der Waals surface area contributed by atoms with Crippen molar-refractivity contribution in [1.29, 1.82) is 0 Å². The van der Waals surface area contributed by atoms with Crippen molar-refractivity contribution in [3.8, 4) is 0 Å². The highest BCUT2D eigenvalue weighted by molar-refractivity contribution is 5.90. The van der Waals surface area contributed by atoms with Crippen molar-refractivity contribution < 1.29 is 4.79 Å². The van der Waals surface area contributed by atoms with Crippen LogP contribution in [0.1, 0.15) is 37.4 Å². The van der Waals surface area contributed by atoms with Gasteiger partial charge < -0.3 is 9.88 Å². The van der Waals surface area contributed by atoms with Gasteiger partial charge in [0.25, 0.3) is 0 Å². The summed E-state index contributed by atoms with van der Waals surface area (Å²) in [4.78, 5) is 12.7. The summed E-state index contributed by atoms with van der Waals surface area (Å²) in [5.41, 5.74) is 3.75. The molecule has 26 heavy (non-hydrogen) atoms. The smallest absolute Gasteiger partial charge is 0.237 e. The largest absolute Gasteiger partial charge is 0.351 e. The summed E-state index contributed by atoms with van der Waals surface area (Å²) in [7, 11) is 0. The number of rotatable bonds is 7. The standard InChI is InChI=1S/C22H29N3O/c1-5-10-23-22(26)19-13-16-14-25(11-6-2)20-9-7-8-17(21(16)20)18(24-19)12-15(3)4/h5-9,14-15,18-19,24H,1-2,10-13H2,3-4H3,(H,23,26). The third-order valence-corrected chi connectivity index (χ3v) is 4.99. The maximum atomic E-state index is 12.7. The fraction of sp³-hybridized carbons (Fsp3) is 0.409. The molecule has 0 spiro atoms. The maximum Gasteiger partial charge on any atom is 0.237 e. The van der Waals surface area contributed by atoms with Gasteiger partial charge in [-0.1, -0.05) is 38.1 Å². The zero-order chi connectivity index (χ0) is 18.7. The number of amides is 1. The highest BCUT2D eigenvalue weighted by atomic mass is 16.2. The molecule has 2 atom stereocenters. The Morgan fingerprint density at radius 2 is 2.19 bits per heavy atom. The van der Waals surface area contributed by atoms with Crippen molar-refractivity contribution >= 4 is 16.8 Å². The molecule has 0 saturated heterocycles. The normalized spacial score (nSPS) is 19.3. The Morgan fingerprint density at radius 1 is 1.38 bits per heavy atom. The Morgan fingerprint density at radius 3 is 2.88 bits per heavy atom. The second-order valence-corrected chi connectivity index (χ2v) is 7.48. The Bertz CT molecular complexity index is 818. The zero-order valence-corrected chi connectivity index (χ0v) is 15.8. The summed E-state index contributed by atoms with van der Waals surface area (Å²) in [5.74, 6) is 0.576. The number of aromatic nitrogens is 1. The molecule has 0 radical (unpaired) electrons. The van der Waals surface area contributed by atoms with Gasteiger partial charge in [-0.3, -0.25) is 10.1 Å². The van der Waals surface area contributed by atoms with Gasteiger partial charge in [-0.25, -0.2) is 0 Å². The molecule has 4 heteroatoms. The monoisotopic (exact) mass is 351 g/mol. The molecule has 2 N–H and O–H groups in total. The van der Waals surface area contributed by atoms with Crippen molar-refractivity contribution in [2.45, 2.75) is 45.3 Å². The number of carbonyl (C=O) groups excluding carboxylic acids is 1. The first kappa shape index (κ1) is 18.5. The van der Waals surface area contributed by atoms with Crippen LogP contribution in [0.3, 0.4) is 0 Å². The Hall–Kier alpha value is -2.33. The first-order valence-corrected chi connectivity index (χ1v) is 9.41. The summed E-state index contributed by atoms with van der Waals surface area (Å²) < 4.78 is 2.23. The molecular weight excluding hydrogens is 322 g/mol. The van der Waals surface area contributed by atoms with Crippen molar-refractivity contribution in [2.24, 2.45) is 5.92 Å². The van der Waals surface area contributed by atoms with E-state index in [9.17, 15) is 4.79 Å². The number of nitrogens with zero attached hydrogens (tertiary/aromatic N) is 1. The van der Waals surface area contributed by atoms with Gasteiger partial charge in [0, 0.05) is 36.2 Å². The molecule has 3 rings (SSSR count). The van der Waals surface area contributed by atoms with Crippen LogP contribution in [0.2, 0.25) is 0 Å². The second-order valence-electron chi connectivity index (χ2n) is 7.48. The number of nitrogens with one attached hydrogen (secondary N) is 2. The number of benzene rings is 1. The fourth-order valence-corrected chi connectivity index (χ4v) is 3.95. The molecule has 1 aromatic heterocycles. The maximum absolute atomic E-state index is 12.7. The summed E-state index contributed by atoms with van der Waals surface area (Å²) in [5, 5.41) is 7.87.